The SMILES string of the molecule is Cc1cccc(NC(=S)NC(=O)c2ccc(C(C)C)cc2)c1C. The normalized spacial score (nSPS) is 10.5. The Labute approximate surface area is 143 Å². The van der Waals surface area contributed by atoms with Crippen LogP contribution in [-0.4, -0.2) is 11.0 Å². The zero-order valence-electron chi connectivity index (χ0n) is 13.9. The van der Waals surface area contributed by atoms with Gasteiger partial charge in [-0.25, -0.2) is 0 Å². The third-order valence-corrected chi connectivity index (χ3v) is 4.12. The molecule has 0 aliphatic carbocycles. The lowest BCUT2D eigenvalue weighted by Gasteiger charge is -2.13. The molecule has 4 heteroatoms. The third-order valence-electron chi connectivity index (χ3n) is 3.92. The van der Waals surface area contributed by atoms with E-state index in [1.165, 1.54) is 11.1 Å². The van der Waals surface area contributed by atoms with Gasteiger partial charge in [-0.2, -0.15) is 0 Å². The van der Waals surface area contributed by atoms with Crippen molar-refractivity contribution < 1.29 is 4.79 Å². The Morgan fingerprint density at radius 1 is 1.04 bits per heavy atom. The van der Waals surface area contributed by atoms with Crippen LogP contribution in [-0.2, 0) is 0 Å². The van der Waals surface area contributed by atoms with Crippen LogP contribution in [0.15, 0.2) is 42.5 Å². The molecule has 0 aliphatic rings. The molecule has 0 atom stereocenters. The maximum absolute atomic E-state index is 12.2. The van der Waals surface area contributed by atoms with Crippen LogP contribution in [0.3, 0.4) is 0 Å². The van der Waals surface area contributed by atoms with E-state index in [0.717, 1.165) is 11.3 Å². The summed E-state index contributed by atoms with van der Waals surface area (Å²) in [4.78, 5) is 12.2. The van der Waals surface area contributed by atoms with Gasteiger partial charge < -0.3 is 5.32 Å². The summed E-state index contributed by atoms with van der Waals surface area (Å²) in [5.41, 5.74) is 5.00. The van der Waals surface area contributed by atoms with Gasteiger partial charge in [0.25, 0.3) is 5.91 Å². The van der Waals surface area contributed by atoms with Crippen molar-refractivity contribution in [3.8, 4) is 0 Å². The summed E-state index contributed by atoms with van der Waals surface area (Å²) in [6.45, 7) is 8.31. The van der Waals surface area contributed by atoms with E-state index in [1.54, 1.807) is 0 Å². The van der Waals surface area contributed by atoms with Gasteiger partial charge in [0.05, 0.1) is 0 Å². The summed E-state index contributed by atoms with van der Waals surface area (Å²) in [7, 11) is 0. The van der Waals surface area contributed by atoms with Gasteiger partial charge in [-0.05, 0) is 66.9 Å². The second-order valence-corrected chi connectivity index (χ2v) is 6.34. The van der Waals surface area contributed by atoms with Gasteiger partial charge in [0.2, 0.25) is 0 Å². The first-order valence-electron chi connectivity index (χ1n) is 7.67. The molecule has 2 aromatic carbocycles. The quantitative estimate of drug-likeness (QED) is 0.813. The number of carbonyl (C=O) groups is 1. The van der Waals surface area contributed by atoms with Crippen molar-refractivity contribution in [2.75, 3.05) is 5.32 Å². The molecule has 0 aliphatic heterocycles. The molecule has 0 aromatic heterocycles. The molecule has 0 spiro atoms. The molecule has 3 nitrogen and oxygen atoms in total. The van der Waals surface area contributed by atoms with Gasteiger partial charge in [0.1, 0.15) is 0 Å². The predicted molar refractivity (Wildman–Crippen MR) is 100 cm³/mol. The molecule has 2 N–H and O–H groups in total. The zero-order chi connectivity index (χ0) is 17.0. The second-order valence-electron chi connectivity index (χ2n) is 5.93. The molecule has 2 rings (SSSR count). The van der Waals surface area contributed by atoms with E-state index in [9.17, 15) is 4.79 Å². The van der Waals surface area contributed by atoms with Crippen LogP contribution in [0, 0.1) is 13.8 Å². The fourth-order valence-corrected chi connectivity index (χ4v) is 2.44. The smallest absolute Gasteiger partial charge is 0.257 e. The van der Waals surface area contributed by atoms with Gasteiger partial charge in [-0.3, -0.25) is 10.1 Å². The molecule has 0 radical (unpaired) electrons. The number of anilines is 1. The van der Waals surface area contributed by atoms with Gasteiger partial charge >= 0.3 is 0 Å². The topological polar surface area (TPSA) is 41.1 Å². The number of rotatable bonds is 3. The summed E-state index contributed by atoms with van der Waals surface area (Å²) >= 11 is 5.24. The minimum absolute atomic E-state index is 0.205. The van der Waals surface area contributed by atoms with E-state index in [0.29, 0.717) is 16.6 Å². The highest BCUT2D eigenvalue weighted by Crippen LogP contribution is 2.18. The summed E-state index contributed by atoms with van der Waals surface area (Å²) in [6.07, 6.45) is 0. The van der Waals surface area contributed by atoms with Gasteiger partial charge in [-0.15, -0.1) is 0 Å². The van der Waals surface area contributed by atoms with Crippen LogP contribution in [0.1, 0.15) is 46.8 Å². The van der Waals surface area contributed by atoms with E-state index < -0.39 is 0 Å². The highest BCUT2D eigenvalue weighted by molar-refractivity contribution is 7.80. The molecule has 1 amide bonds. The molecule has 0 bridgehead atoms. The lowest BCUT2D eigenvalue weighted by atomic mass is 10.0. The monoisotopic (exact) mass is 326 g/mol. The Balaban J connectivity index is 2.02. The van der Waals surface area contributed by atoms with Crippen LogP contribution < -0.4 is 10.6 Å². The third kappa shape index (κ3) is 4.39. The Hall–Kier alpha value is -2.20. The molecule has 0 saturated carbocycles. The van der Waals surface area contributed by atoms with Crippen molar-refractivity contribution in [3.05, 3.63) is 64.7 Å². The van der Waals surface area contributed by atoms with Crippen LogP contribution in [0.25, 0.3) is 0 Å². The lowest BCUT2D eigenvalue weighted by Crippen LogP contribution is -2.34. The van der Waals surface area contributed by atoms with E-state index >= 15 is 0 Å². The average Bonchev–Trinajstić information content (AvgIpc) is 2.52. The first-order chi connectivity index (χ1) is 10.9. The molecule has 0 heterocycles. The Bertz CT molecular complexity index is 721. The number of hydrogen-bond acceptors (Lipinski definition) is 2. The Morgan fingerprint density at radius 2 is 1.70 bits per heavy atom. The number of carbonyl (C=O) groups excluding carboxylic acids is 1. The van der Waals surface area contributed by atoms with E-state index in [2.05, 4.69) is 24.5 Å². The number of thiocarbonyl (C=S) groups is 1. The number of nitrogens with one attached hydrogen (secondary N) is 2. The van der Waals surface area contributed by atoms with E-state index in [-0.39, 0.29) is 5.91 Å². The first kappa shape index (κ1) is 17.2. The summed E-state index contributed by atoms with van der Waals surface area (Å²) in [5.74, 6) is 0.238. The summed E-state index contributed by atoms with van der Waals surface area (Å²) in [5, 5.41) is 6.10. The molecule has 0 unspecified atom stereocenters. The maximum atomic E-state index is 12.2. The fraction of sp³-hybridized carbons (Fsp3) is 0.263. The second kappa shape index (κ2) is 7.38. The zero-order valence-corrected chi connectivity index (χ0v) is 14.8. The standard InChI is InChI=1S/C19H22N2OS/c1-12(2)15-8-10-16(11-9-15)18(22)21-19(23)20-17-7-5-6-13(3)14(17)4/h5-12H,1-4H3,(H2,20,21,22,23). The van der Waals surface area contributed by atoms with Crippen molar-refractivity contribution in [2.45, 2.75) is 33.6 Å². The molecular weight excluding hydrogens is 304 g/mol. The molecule has 120 valence electrons. The van der Waals surface area contributed by atoms with Gasteiger partial charge in [0.15, 0.2) is 5.11 Å². The van der Waals surface area contributed by atoms with Crippen molar-refractivity contribution >= 4 is 28.9 Å². The van der Waals surface area contributed by atoms with Crippen molar-refractivity contribution in [2.24, 2.45) is 0 Å². The lowest BCUT2D eigenvalue weighted by molar-refractivity contribution is 0.0977. The van der Waals surface area contributed by atoms with Crippen LogP contribution in [0.4, 0.5) is 5.69 Å². The van der Waals surface area contributed by atoms with Gasteiger partial charge in [-0.1, -0.05) is 38.1 Å². The summed E-state index contributed by atoms with van der Waals surface area (Å²) < 4.78 is 0. The van der Waals surface area contributed by atoms with Crippen LogP contribution in [0.2, 0.25) is 0 Å². The number of aryl methyl sites for hydroxylation is 1. The molecule has 23 heavy (non-hydrogen) atoms. The average molecular weight is 326 g/mol. The number of hydrogen-bond donors (Lipinski definition) is 2. The number of benzene rings is 2. The van der Waals surface area contributed by atoms with Crippen molar-refractivity contribution in [3.63, 3.8) is 0 Å². The predicted octanol–water partition coefficient (Wildman–Crippen LogP) is 4.55. The molecule has 0 saturated heterocycles. The minimum Gasteiger partial charge on any atom is -0.332 e. The molecular formula is C19H22N2OS. The van der Waals surface area contributed by atoms with Crippen LogP contribution in [0.5, 0.6) is 0 Å². The van der Waals surface area contributed by atoms with Crippen molar-refractivity contribution in [1.29, 1.82) is 0 Å². The van der Waals surface area contributed by atoms with E-state index in [4.69, 9.17) is 12.2 Å². The highest BCUT2D eigenvalue weighted by Gasteiger charge is 2.10. The van der Waals surface area contributed by atoms with Gasteiger partial charge in [0, 0.05) is 11.3 Å². The fourth-order valence-electron chi connectivity index (χ4n) is 2.23. The van der Waals surface area contributed by atoms with E-state index in [1.807, 2.05) is 56.3 Å². The first-order valence-corrected chi connectivity index (χ1v) is 8.08. The highest BCUT2D eigenvalue weighted by atomic mass is 32.1. The Kier molecular flexibility index (Phi) is 5.50. The van der Waals surface area contributed by atoms with Crippen LogP contribution >= 0.6 is 12.2 Å². The Morgan fingerprint density at radius 3 is 2.30 bits per heavy atom. The maximum Gasteiger partial charge on any atom is 0.257 e. The molecule has 2 aromatic rings. The largest absolute Gasteiger partial charge is 0.332 e. The number of amides is 1. The minimum atomic E-state index is -0.205. The molecule has 0 fully saturated rings. The van der Waals surface area contributed by atoms with Crippen molar-refractivity contribution in [1.82, 2.24) is 5.32 Å². The summed E-state index contributed by atoms with van der Waals surface area (Å²) in [6, 6.07) is 13.5.